The van der Waals surface area contributed by atoms with Gasteiger partial charge in [0.05, 0.1) is 0 Å². The molecule has 0 radical (unpaired) electrons. The second kappa shape index (κ2) is 10.7. The van der Waals surface area contributed by atoms with E-state index < -0.39 is 0 Å². The topological polar surface area (TPSA) is 26.0 Å². The summed E-state index contributed by atoms with van der Waals surface area (Å²) in [5.41, 5.74) is 18.2. The van der Waals surface area contributed by atoms with E-state index in [4.69, 9.17) is 9.40 Å². The SMILES string of the molecule is CC1(C)c2ccccc2-c2cc3c(-c4ccc(-c5nc6ccccc6o5)cc4)c4ccccc4c(-c4ccc5c6c(cccc46)-c4ccccc4-5)c3cc21. The molecule has 1 aromatic heterocycles. The fourth-order valence-corrected chi connectivity index (χ4v) is 9.77. The summed E-state index contributed by atoms with van der Waals surface area (Å²) in [4.78, 5) is 4.79. The van der Waals surface area contributed by atoms with Crippen molar-refractivity contribution >= 4 is 43.4 Å². The fourth-order valence-electron chi connectivity index (χ4n) is 9.77. The lowest BCUT2D eigenvalue weighted by Gasteiger charge is -2.24. The molecule has 0 N–H and O–H groups in total. The van der Waals surface area contributed by atoms with E-state index in [1.807, 2.05) is 24.3 Å². The molecule has 0 bridgehead atoms. The molecule has 0 aliphatic heterocycles. The zero-order chi connectivity index (χ0) is 35.7. The maximum Gasteiger partial charge on any atom is 0.227 e. The third-order valence-corrected chi connectivity index (χ3v) is 12.3. The summed E-state index contributed by atoms with van der Waals surface area (Å²) >= 11 is 0. The molecule has 2 nitrogen and oxygen atoms in total. The zero-order valence-electron chi connectivity index (χ0n) is 29.9. The van der Waals surface area contributed by atoms with Crippen LogP contribution in [0.3, 0.4) is 0 Å². The van der Waals surface area contributed by atoms with Crippen LogP contribution in [0.2, 0.25) is 0 Å². The molecule has 0 atom stereocenters. The summed E-state index contributed by atoms with van der Waals surface area (Å²) < 4.78 is 6.17. The van der Waals surface area contributed by atoms with Crippen LogP contribution >= 0.6 is 0 Å². The molecule has 0 unspecified atom stereocenters. The molecule has 12 rings (SSSR count). The number of rotatable bonds is 3. The molecule has 0 fully saturated rings. The minimum Gasteiger partial charge on any atom is -0.436 e. The van der Waals surface area contributed by atoms with E-state index in [2.05, 4.69) is 153 Å². The molecule has 54 heavy (non-hydrogen) atoms. The number of aromatic nitrogens is 1. The van der Waals surface area contributed by atoms with Gasteiger partial charge in [-0.05, 0) is 135 Å². The van der Waals surface area contributed by atoms with E-state index in [1.54, 1.807) is 0 Å². The Balaban J connectivity index is 1.17. The van der Waals surface area contributed by atoms with E-state index in [0.717, 1.165) is 16.7 Å². The van der Waals surface area contributed by atoms with Crippen molar-refractivity contribution in [3.05, 3.63) is 175 Å². The van der Waals surface area contributed by atoms with E-state index in [-0.39, 0.29) is 5.41 Å². The van der Waals surface area contributed by atoms with E-state index in [9.17, 15) is 0 Å². The second-order valence-corrected chi connectivity index (χ2v) is 15.4. The first-order chi connectivity index (χ1) is 26.5. The normalized spacial score (nSPS) is 13.5. The van der Waals surface area contributed by atoms with Gasteiger partial charge in [0.15, 0.2) is 5.58 Å². The highest BCUT2D eigenvalue weighted by Crippen LogP contribution is 2.55. The first-order valence-electron chi connectivity index (χ1n) is 18.8. The number of hydrogen-bond donors (Lipinski definition) is 0. The lowest BCUT2D eigenvalue weighted by Crippen LogP contribution is -2.14. The van der Waals surface area contributed by atoms with Gasteiger partial charge in [-0.2, -0.15) is 0 Å². The minimum atomic E-state index is -0.131. The first kappa shape index (κ1) is 29.8. The van der Waals surface area contributed by atoms with Crippen LogP contribution in [0.1, 0.15) is 25.0 Å². The maximum absolute atomic E-state index is 6.17. The molecule has 2 heteroatoms. The Labute approximate surface area is 313 Å². The van der Waals surface area contributed by atoms with Gasteiger partial charge in [-0.25, -0.2) is 4.98 Å². The Kier molecular flexibility index (Phi) is 5.87. The van der Waals surface area contributed by atoms with Crippen LogP contribution in [0.4, 0.5) is 0 Å². The number of benzene rings is 9. The molecule has 2 aliphatic carbocycles. The summed E-state index contributed by atoms with van der Waals surface area (Å²) in [6, 6.07) is 60.2. The lowest BCUT2D eigenvalue weighted by molar-refractivity contribution is 0.620. The minimum absolute atomic E-state index is 0.131. The van der Waals surface area contributed by atoms with Crippen molar-refractivity contribution in [3.63, 3.8) is 0 Å². The van der Waals surface area contributed by atoms with Gasteiger partial charge in [-0.15, -0.1) is 0 Å². The lowest BCUT2D eigenvalue weighted by atomic mass is 9.79. The monoisotopic (exact) mass is 687 g/mol. The van der Waals surface area contributed by atoms with E-state index >= 15 is 0 Å². The number of fused-ring (bicyclic) bond motifs is 9. The van der Waals surface area contributed by atoms with Crippen LogP contribution in [0.25, 0.3) is 111 Å². The summed E-state index contributed by atoms with van der Waals surface area (Å²) in [7, 11) is 0. The summed E-state index contributed by atoms with van der Waals surface area (Å²) in [5.74, 6) is 0.638. The van der Waals surface area contributed by atoms with Gasteiger partial charge < -0.3 is 4.42 Å². The molecule has 252 valence electrons. The predicted molar refractivity (Wildman–Crippen MR) is 225 cm³/mol. The number of para-hydroxylation sites is 2. The zero-order valence-corrected chi connectivity index (χ0v) is 29.9. The molecular weight excluding hydrogens is 655 g/mol. The van der Waals surface area contributed by atoms with Crippen LogP contribution in [0, 0.1) is 0 Å². The van der Waals surface area contributed by atoms with Crippen molar-refractivity contribution in [3.8, 4) is 67.1 Å². The molecule has 0 saturated heterocycles. The van der Waals surface area contributed by atoms with Crippen molar-refractivity contribution in [2.24, 2.45) is 0 Å². The second-order valence-electron chi connectivity index (χ2n) is 15.4. The Morgan fingerprint density at radius 2 is 1.00 bits per heavy atom. The average Bonchev–Trinajstić information content (AvgIpc) is 3.86. The summed E-state index contributed by atoms with van der Waals surface area (Å²) in [6.07, 6.45) is 0. The molecule has 0 saturated carbocycles. The molecule has 9 aromatic carbocycles. The fraction of sp³-hybridized carbons (Fsp3) is 0.0577. The van der Waals surface area contributed by atoms with E-state index in [0.29, 0.717) is 5.89 Å². The highest BCUT2D eigenvalue weighted by Gasteiger charge is 2.36. The third-order valence-electron chi connectivity index (χ3n) is 12.3. The predicted octanol–water partition coefficient (Wildman–Crippen LogP) is 14.2. The number of nitrogens with zero attached hydrogens (tertiary/aromatic N) is 1. The maximum atomic E-state index is 6.17. The van der Waals surface area contributed by atoms with E-state index in [1.165, 1.54) is 99.1 Å². The quantitative estimate of drug-likeness (QED) is 0.173. The highest BCUT2D eigenvalue weighted by atomic mass is 16.3. The summed E-state index contributed by atoms with van der Waals surface area (Å²) in [5, 5.41) is 7.69. The smallest absolute Gasteiger partial charge is 0.227 e. The molecular formula is C52H33NO. The van der Waals surface area contributed by atoms with Gasteiger partial charge in [0.25, 0.3) is 0 Å². The first-order valence-corrected chi connectivity index (χ1v) is 18.8. The molecule has 0 spiro atoms. The van der Waals surface area contributed by atoms with Gasteiger partial charge in [0.2, 0.25) is 5.89 Å². The van der Waals surface area contributed by atoms with Crippen LogP contribution in [0.15, 0.2) is 168 Å². The highest BCUT2D eigenvalue weighted by molar-refractivity contribution is 6.27. The Bertz CT molecular complexity index is 3170. The van der Waals surface area contributed by atoms with Crippen LogP contribution < -0.4 is 0 Å². The standard InChI is InChI=1S/C52H33NO/c1-52(2)44-19-8-7-14-34(44)41-28-42-43(29-45(41)52)50(40-27-26-39-33-13-4-3-12-32(33)35-17-11-18-38(40)49(35)39)37-16-6-5-15-36(37)48(42)30-22-24-31(25-23-30)51-53-46-20-9-10-21-47(46)54-51/h3-29H,1-2H3. The molecule has 1 heterocycles. The molecule has 0 amide bonds. The van der Waals surface area contributed by atoms with Crippen molar-refractivity contribution < 1.29 is 4.42 Å². The molecule has 10 aromatic rings. The van der Waals surface area contributed by atoms with Crippen molar-refractivity contribution in [2.45, 2.75) is 19.3 Å². The average molecular weight is 688 g/mol. The molecule has 2 aliphatic rings. The van der Waals surface area contributed by atoms with Gasteiger partial charge >= 0.3 is 0 Å². The van der Waals surface area contributed by atoms with Crippen molar-refractivity contribution in [2.75, 3.05) is 0 Å². The Hall–Kier alpha value is -6.77. The van der Waals surface area contributed by atoms with Crippen LogP contribution in [-0.4, -0.2) is 4.98 Å². The van der Waals surface area contributed by atoms with Gasteiger partial charge in [0, 0.05) is 11.0 Å². The largest absolute Gasteiger partial charge is 0.436 e. The Morgan fingerprint density at radius 1 is 0.407 bits per heavy atom. The van der Waals surface area contributed by atoms with Gasteiger partial charge in [-0.3, -0.25) is 0 Å². The van der Waals surface area contributed by atoms with Crippen LogP contribution in [-0.2, 0) is 5.41 Å². The van der Waals surface area contributed by atoms with Gasteiger partial charge in [-0.1, -0.05) is 141 Å². The van der Waals surface area contributed by atoms with Crippen LogP contribution in [0.5, 0.6) is 0 Å². The van der Waals surface area contributed by atoms with Crippen molar-refractivity contribution in [1.82, 2.24) is 4.98 Å². The Morgan fingerprint density at radius 3 is 1.80 bits per heavy atom. The van der Waals surface area contributed by atoms with Crippen molar-refractivity contribution in [1.29, 1.82) is 0 Å². The third kappa shape index (κ3) is 3.92. The number of hydrogen-bond acceptors (Lipinski definition) is 2. The van der Waals surface area contributed by atoms with Gasteiger partial charge in [0.1, 0.15) is 5.52 Å². The summed E-state index contributed by atoms with van der Waals surface area (Å²) in [6.45, 7) is 4.76. The number of oxazole rings is 1.